The highest BCUT2D eigenvalue weighted by atomic mass is 16.7. The Morgan fingerprint density at radius 2 is 1.72 bits per heavy atom. The molecule has 0 amide bonds. The van der Waals surface area contributed by atoms with Crippen LogP contribution in [-0.4, -0.2) is 52.6 Å². The number of rotatable bonds is 7. The van der Waals surface area contributed by atoms with Crippen LogP contribution in [0.2, 0.25) is 0 Å². The fraction of sp³-hybridized carbons (Fsp3) is 0.414. The minimum atomic E-state index is 0.263. The van der Waals surface area contributed by atoms with Crippen molar-refractivity contribution in [2.75, 3.05) is 48.6 Å². The Morgan fingerprint density at radius 1 is 0.897 bits per heavy atom. The lowest BCUT2D eigenvalue weighted by atomic mass is 9.95. The summed E-state index contributed by atoms with van der Waals surface area (Å²) in [6.45, 7) is 4.19. The molecule has 10 nitrogen and oxygen atoms in total. The van der Waals surface area contributed by atoms with Gasteiger partial charge in [0, 0.05) is 37.1 Å². The SMILES string of the molecule is c1cc2c(cc1CNc1nc(Nc3ccc(N4CCOCC4)cc3)c3ncn(C4CCCCC4)c3n1)OCO2. The summed E-state index contributed by atoms with van der Waals surface area (Å²) in [5, 5.41) is 6.94. The fourth-order valence-corrected chi connectivity index (χ4v) is 5.66. The molecule has 7 rings (SSSR count). The van der Waals surface area contributed by atoms with E-state index >= 15 is 0 Å². The van der Waals surface area contributed by atoms with E-state index in [1.54, 1.807) is 0 Å². The second-order valence-corrected chi connectivity index (χ2v) is 10.3. The average molecular weight is 528 g/mol. The third-order valence-electron chi connectivity index (χ3n) is 7.78. The van der Waals surface area contributed by atoms with Crippen molar-refractivity contribution in [3.8, 4) is 11.5 Å². The Morgan fingerprint density at radius 3 is 2.56 bits per heavy atom. The molecule has 0 spiro atoms. The summed E-state index contributed by atoms with van der Waals surface area (Å²) in [5.41, 5.74) is 4.87. The number of hydrogen-bond donors (Lipinski definition) is 2. The average Bonchev–Trinajstić information content (AvgIpc) is 3.64. The van der Waals surface area contributed by atoms with Gasteiger partial charge in [-0.05, 0) is 54.8 Å². The molecule has 0 radical (unpaired) electrons. The van der Waals surface area contributed by atoms with E-state index in [1.165, 1.54) is 24.9 Å². The molecule has 2 fully saturated rings. The molecule has 202 valence electrons. The molecule has 0 atom stereocenters. The van der Waals surface area contributed by atoms with Crippen LogP contribution in [0, 0.1) is 0 Å². The van der Waals surface area contributed by atoms with Crippen molar-refractivity contribution >= 4 is 34.3 Å². The quantitative estimate of drug-likeness (QED) is 0.334. The van der Waals surface area contributed by atoms with Crippen LogP contribution in [0.5, 0.6) is 11.5 Å². The molecule has 2 aliphatic heterocycles. The minimum absolute atomic E-state index is 0.263. The van der Waals surface area contributed by atoms with E-state index in [-0.39, 0.29) is 6.79 Å². The van der Waals surface area contributed by atoms with Crippen molar-refractivity contribution < 1.29 is 14.2 Å². The minimum Gasteiger partial charge on any atom is -0.454 e. The standard InChI is InChI=1S/C29H33N7O3/c1-2-4-23(5-3-1)36-18-31-26-27(32-21-7-9-22(10-8-21)35-12-14-37-15-13-35)33-29(34-28(26)36)30-17-20-6-11-24-25(16-20)39-19-38-24/h6-11,16,18,23H,1-5,12-15,17,19H2,(H2,30,32,33,34). The molecule has 3 aliphatic rings. The summed E-state index contributed by atoms with van der Waals surface area (Å²) in [6, 6.07) is 14.9. The summed E-state index contributed by atoms with van der Waals surface area (Å²) in [6.07, 6.45) is 8.02. The van der Waals surface area contributed by atoms with Crippen LogP contribution in [-0.2, 0) is 11.3 Å². The van der Waals surface area contributed by atoms with E-state index in [0.29, 0.717) is 24.4 Å². The molecule has 1 aliphatic carbocycles. The zero-order valence-corrected chi connectivity index (χ0v) is 21.9. The Bertz CT molecular complexity index is 1440. The van der Waals surface area contributed by atoms with E-state index < -0.39 is 0 Å². The maximum Gasteiger partial charge on any atom is 0.231 e. The van der Waals surface area contributed by atoms with Gasteiger partial charge in [-0.1, -0.05) is 25.3 Å². The first-order valence-electron chi connectivity index (χ1n) is 13.9. The zero-order valence-electron chi connectivity index (χ0n) is 21.9. The molecule has 2 aromatic carbocycles. The predicted octanol–water partition coefficient (Wildman–Crippen LogP) is 5.25. The number of imidazole rings is 1. The number of anilines is 4. The molecular weight excluding hydrogens is 494 g/mol. The Balaban J connectivity index is 1.17. The molecular formula is C29H33N7O3. The monoisotopic (exact) mass is 527 g/mol. The number of benzene rings is 2. The maximum absolute atomic E-state index is 5.54. The van der Waals surface area contributed by atoms with Gasteiger partial charge in [0.15, 0.2) is 28.5 Å². The van der Waals surface area contributed by atoms with Crippen LogP contribution in [0.4, 0.5) is 23.1 Å². The van der Waals surface area contributed by atoms with E-state index in [0.717, 1.165) is 73.1 Å². The van der Waals surface area contributed by atoms with Gasteiger partial charge in [0.05, 0.1) is 19.5 Å². The van der Waals surface area contributed by atoms with Crippen molar-refractivity contribution in [1.29, 1.82) is 0 Å². The topological polar surface area (TPSA) is 98.6 Å². The zero-order chi connectivity index (χ0) is 26.0. The van der Waals surface area contributed by atoms with E-state index in [9.17, 15) is 0 Å². The summed E-state index contributed by atoms with van der Waals surface area (Å²) in [7, 11) is 0. The Hall–Kier alpha value is -4.05. The van der Waals surface area contributed by atoms with Crippen molar-refractivity contribution in [2.45, 2.75) is 44.7 Å². The second-order valence-electron chi connectivity index (χ2n) is 10.3. The van der Waals surface area contributed by atoms with Crippen LogP contribution in [0.3, 0.4) is 0 Å². The number of nitrogens with one attached hydrogen (secondary N) is 2. The molecule has 39 heavy (non-hydrogen) atoms. The first kappa shape index (κ1) is 24.0. The second kappa shape index (κ2) is 10.6. The number of hydrogen-bond acceptors (Lipinski definition) is 9. The highest BCUT2D eigenvalue weighted by Crippen LogP contribution is 2.34. The smallest absolute Gasteiger partial charge is 0.231 e. The summed E-state index contributed by atoms with van der Waals surface area (Å²) in [5.74, 6) is 2.80. The van der Waals surface area contributed by atoms with Crippen molar-refractivity contribution in [3.63, 3.8) is 0 Å². The first-order chi connectivity index (χ1) is 19.3. The molecule has 2 aromatic heterocycles. The van der Waals surface area contributed by atoms with Crippen LogP contribution in [0.15, 0.2) is 48.8 Å². The normalized spacial score (nSPS) is 17.5. The van der Waals surface area contributed by atoms with Crippen molar-refractivity contribution in [3.05, 3.63) is 54.4 Å². The number of fused-ring (bicyclic) bond motifs is 2. The van der Waals surface area contributed by atoms with Crippen LogP contribution in [0.25, 0.3) is 11.2 Å². The lowest BCUT2D eigenvalue weighted by Gasteiger charge is -2.28. The number of ether oxygens (including phenoxy) is 3. The van der Waals surface area contributed by atoms with Gasteiger partial charge in [-0.3, -0.25) is 0 Å². The van der Waals surface area contributed by atoms with Gasteiger partial charge in [0.25, 0.3) is 0 Å². The molecule has 10 heteroatoms. The molecule has 4 heterocycles. The number of morpholine rings is 1. The molecule has 0 unspecified atom stereocenters. The van der Waals surface area contributed by atoms with Gasteiger partial charge < -0.3 is 34.3 Å². The third-order valence-corrected chi connectivity index (χ3v) is 7.78. The fourth-order valence-electron chi connectivity index (χ4n) is 5.66. The molecule has 1 saturated heterocycles. The van der Waals surface area contributed by atoms with Crippen molar-refractivity contribution in [2.24, 2.45) is 0 Å². The van der Waals surface area contributed by atoms with E-state index in [2.05, 4.69) is 44.4 Å². The first-order valence-corrected chi connectivity index (χ1v) is 13.9. The van der Waals surface area contributed by atoms with E-state index in [4.69, 9.17) is 29.2 Å². The van der Waals surface area contributed by atoms with Gasteiger partial charge in [-0.2, -0.15) is 9.97 Å². The van der Waals surface area contributed by atoms with Gasteiger partial charge >= 0.3 is 0 Å². The maximum atomic E-state index is 5.54. The van der Waals surface area contributed by atoms with E-state index in [1.807, 2.05) is 24.5 Å². The van der Waals surface area contributed by atoms with Gasteiger partial charge in [-0.15, -0.1) is 0 Å². The van der Waals surface area contributed by atoms with Gasteiger partial charge in [0.1, 0.15) is 0 Å². The van der Waals surface area contributed by atoms with Crippen LogP contribution in [0.1, 0.15) is 43.7 Å². The lowest BCUT2D eigenvalue weighted by Crippen LogP contribution is -2.36. The number of nitrogens with zero attached hydrogens (tertiary/aromatic N) is 5. The molecule has 2 N–H and O–H groups in total. The van der Waals surface area contributed by atoms with Gasteiger partial charge in [0.2, 0.25) is 12.7 Å². The molecule has 4 aromatic rings. The highest BCUT2D eigenvalue weighted by molar-refractivity contribution is 5.86. The molecule has 0 bridgehead atoms. The Kier molecular flexibility index (Phi) is 6.53. The molecule has 1 saturated carbocycles. The Labute approximate surface area is 227 Å². The summed E-state index contributed by atoms with van der Waals surface area (Å²) in [4.78, 5) is 16.9. The van der Waals surface area contributed by atoms with Crippen LogP contribution >= 0.6 is 0 Å². The van der Waals surface area contributed by atoms with Gasteiger partial charge in [-0.25, -0.2) is 4.98 Å². The highest BCUT2D eigenvalue weighted by Gasteiger charge is 2.21. The summed E-state index contributed by atoms with van der Waals surface area (Å²) >= 11 is 0. The van der Waals surface area contributed by atoms with Crippen molar-refractivity contribution in [1.82, 2.24) is 19.5 Å². The summed E-state index contributed by atoms with van der Waals surface area (Å²) < 4.78 is 18.7. The van der Waals surface area contributed by atoms with Crippen LogP contribution < -0.4 is 25.0 Å². The third kappa shape index (κ3) is 5.04. The number of aromatic nitrogens is 4. The lowest BCUT2D eigenvalue weighted by molar-refractivity contribution is 0.122. The predicted molar refractivity (Wildman–Crippen MR) is 150 cm³/mol. The largest absolute Gasteiger partial charge is 0.454 e.